The summed E-state index contributed by atoms with van der Waals surface area (Å²) in [4.78, 5) is 0. The second-order valence-corrected chi connectivity index (χ2v) is 5.77. The van der Waals surface area contributed by atoms with E-state index in [-0.39, 0.29) is 0 Å². The average molecular weight is 334 g/mol. The van der Waals surface area contributed by atoms with Crippen LogP contribution in [-0.4, -0.2) is 11.7 Å². The van der Waals surface area contributed by atoms with Gasteiger partial charge in [-0.2, -0.15) is 0 Å². The Kier molecular flexibility index (Phi) is 5.36. The molecular weight excluding hydrogens is 312 g/mol. The highest BCUT2D eigenvalue weighted by atomic mass is 16.6. The lowest BCUT2D eigenvalue weighted by Crippen LogP contribution is -2.34. The van der Waals surface area contributed by atoms with Crippen LogP contribution in [0, 0.1) is 0 Å². The lowest BCUT2D eigenvalue weighted by Gasteiger charge is -2.31. The second-order valence-electron chi connectivity index (χ2n) is 5.77. The van der Waals surface area contributed by atoms with E-state index < -0.39 is 5.79 Å². The Bertz CT molecular complexity index is 787. The van der Waals surface area contributed by atoms with Gasteiger partial charge in [-0.25, -0.2) is 0 Å². The Balaban J connectivity index is 2.09. The van der Waals surface area contributed by atoms with Gasteiger partial charge in [-0.05, 0) is 30.7 Å². The Hall–Kier alpha value is -2.78. The quantitative estimate of drug-likeness (QED) is 0.634. The van der Waals surface area contributed by atoms with Gasteiger partial charge < -0.3 is 14.6 Å². The summed E-state index contributed by atoms with van der Waals surface area (Å²) in [5.41, 5.74) is 1.23. The smallest absolute Gasteiger partial charge is 0.265 e. The molecule has 1 unspecified atom stereocenters. The fraction of sp³-hybridized carbons (Fsp3) is 0.182. The highest BCUT2D eigenvalue weighted by Crippen LogP contribution is 2.37. The monoisotopic (exact) mass is 334 g/mol. The van der Waals surface area contributed by atoms with Crippen LogP contribution in [0.3, 0.4) is 0 Å². The predicted octanol–water partition coefficient (Wildman–Crippen LogP) is 4.75. The van der Waals surface area contributed by atoms with Gasteiger partial charge in [-0.1, -0.05) is 67.6 Å². The van der Waals surface area contributed by atoms with Crippen molar-refractivity contribution in [3.8, 4) is 11.5 Å². The normalized spacial score (nSPS) is 13.0. The molecule has 0 fully saturated rings. The molecule has 0 aromatic heterocycles. The summed E-state index contributed by atoms with van der Waals surface area (Å²) in [7, 11) is 0. The zero-order valence-electron chi connectivity index (χ0n) is 14.3. The van der Waals surface area contributed by atoms with Crippen LogP contribution in [0.5, 0.6) is 11.5 Å². The van der Waals surface area contributed by atoms with E-state index in [1.165, 1.54) is 0 Å². The molecule has 3 aromatic rings. The molecule has 128 valence electrons. The van der Waals surface area contributed by atoms with E-state index in [4.69, 9.17) is 9.47 Å². The van der Waals surface area contributed by atoms with Crippen molar-refractivity contribution in [1.82, 2.24) is 0 Å². The summed E-state index contributed by atoms with van der Waals surface area (Å²) in [6.07, 6.45) is 0.887. The standard InChI is InChI=1S/C22H22O3/c1-2-17-24-21-16-10-9-15-20(21)22(23,18-11-5-3-6-12-18)25-19-13-7-4-8-14-19/h3-16,23H,2,17H2,1H3. The Labute approximate surface area is 148 Å². The van der Waals surface area contributed by atoms with E-state index >= 15 is 0 Å². The van der Waals surface area contributed by atoms with E-state index in [9.17, 15) is 5.11 Å². The van der Waals surface area contributed by atoms with Crippen molar-refractivity contribution in [1.29, 1.82) is 0 Å². The largest absolute Gasteiger partial charge is 0.493 e. The zero-order valence-corrected chi connectivity index (χ0v) is 14.3. The molecule has 25 heavy (non-hydrogen) atoms. The maximum atomic E-state index is 11.6. The molecule has 0 amide bonds. The molecule has 0 bridgehead atoms. The first-order chi connectivity index (χ1) is 12.2. The number of aliphatic hydroxyl groups is 1. The summed E-state index contributed by atoms with van der Waals surface area (Å²) in [5.74, 6) is -0.446. The zero-order chi connectivity index (χ0) is 17.5. The minimum Gasteiger partial charge on any atom is -0.493 e. The highest BCUT2D eigenvalue weighted by molar-refractivity contribution is 5.44. The van der Waals surface area contributed by atoms with Gasteiger partial charge in [0.05, 0.1) is 12.2 Å². The molecule has 0 aliphatic rings. The van der Waals surface area contributed by atoms with Crippen molar-refractivity contribution < 1.29 is 14.6 Å². The van der Waals surface area contributed by atoms with Crippen molar-refractivity contribution in [2.75, 3.05) is 6.61 Å². The lowest BCUT2D eigenvalue weighted by molar-refractivity contribution is -0.110. The second kappa shape index (κ2) is 7.86. The summed E-state index contributed by atoms with van der Waals surface area (Å²) in [6, 6.07) is 26.1. The Morgan fingerprint density at radius 2 is 1.40 bits per heavy atom. The first kappa shape index (κ1) is 17.1. The molecule has 0 spiro atoms. The van der Waals surface area contributed by atoms with Crippen LogP contribution >= 0.6 is 0 Å². The van der Waals surface area contributed by atoms with Crippen LogP contribution in [-0.2, 0) is 5.79 Å². The number of rotatable bonds is 7. The van der Waals surface area contributed by atoms with Crippen molar-refractivity contribution in [3.05, 3.63) is 96.1 Å². The third-order valence-corrected chi connectivity index (χ3v) is 3.89. The van der Waals surface area contributed by atoms with E-state index in [0.29, 0.717) is 29.2 Å². The molecule has 0 heterocycles. The number of benzene rings is 3. The topological polar surface area (TPSA) is 38.7 Å². The van der Waals surface area contributed by atoms with Crippen molar-refractivity contribution in [2.45, 2.75) is 19.1 Å². The molecule has 0 radical (unpaired) electrons. The van der Waals surface area contributed by atoms with Gasteiger partial charge in [0.25, 0.3) is 5.79 Å². The highest BCUT2D eigenvalue weighted by Gasteiger charge is 2.37. The molecule has 0 aliphatic carbocycles. The fourth-order valence-electron chi connectivity index (χ4n) is 2.68. The fourth-order valence-corrected chi connectivity index (χ4v) is 2.68. The van der Waals surface area contributed by atoms with Crippen LogP contribution in [0.25, 0.3) is 0 Å². The molecule has 0 saturated heterocycles. The summed E-state index contributed by atoms with van der Waals surface area (Å²) in [5, 5.41) is 11.6. The lowest BCUT2D eigenvalue weighted by atomic mass is 9.96. The maximum Gasteiger partial charge on any atom is 0.265 e. The van der Waals surface area contributed by atoms with Crippen LogP contribution < -0.4 is 9.47 Å². The number of hydrogen-bond acceptors (Lipinski definition) is 3. The predicted molar refractivity (Wildman–Crippen MR) is 98.7 cm³/mol. The van der Waals surface area contributed by atoms with Crippen molar-refractivity contribution in [3.63, 3.8) is 0 Å². The molecule has 3 rings (SSSR count). The third-order valence-electron chi connectivity index (χ3n) is 3.89. The Morgan fingerprint density at radius 1 is 0.800 bits per heavy atom. The molecule has 1 N–H and O–H groups in total. The van der Waals surface area contributed by atoms with Gasteiger partial charge in [0.1, 0.15) is 11.5 Å². The number of hydrogen-bond donors (Lipinski definition) is 1. The number of para-hydroxylation sites is 2. The summed E-state index contributed by atoms with van der Waals surface area (Å²) >= 11 is 0. The van der Waals surface area contributed by atoms with Gasteiger partial charge in [0.15, 0.2) is 0 Å². The molecule has 0 saturated carbocycles. The summed E-state index contributed by atoms with van der Waals surface area (Å²) in [6.45, 7) is 2.62. The van der Waals surface area contributed by atoms with Gasteiger partial charge in [0.2, 0.25) is 0 Å². The van der Waals surface area contributed by atoms with Gasteiger partial charge in [-0.3, -0.25) is 0 Å². The van der Waals surface area contributed by atoms with E-state index in [2.05, 4.69) is 0 Å². The first-order valence-electron chi connectivity index (χ1n) is 8.48. The molecule has 3 nitrogen and oxygen atoms in total. The minimum atomic E-state index is -1.65. The Morgan fingerprint density at radius 3 is 2.08 bits per heavy atom. The maximum absolute atomic E-state index is 11.6. The molecule has 1 atom stereocenters. The average Bonchev–Trinajstić information content (AvgIpc) is 2.68. The van der Waals surface area contributed by atoms with Crippen LogP contribution in [0.1, 0.15) is 24.5 Å². The van der Waals surface area contributed by atoms with Crippen LogP contribution in [0.2, 0.25) is 0 Å². The molecule has 0 aliphatic heterocycles. The molecule has 3 aromatic carbocycles. The minimum absolute atomic E-state index is 0.577. The van der Waals surface area contributed by atoms with Gasteiger partial charge in [-0.15, -0.1) is 0 Å². The molecular formula is C22H22O3. The van der Waals surface area contributed by atoms with E-state index in [1.54, 1.807) is 0 Å². The van der Waals surface area contributed by atoms with E-state index in [0.717, 1.165) is 6.42 Å². The van der Waals surface area contributed by atoms with Crippen LogP contribution in [0.4, 0.5) is 0 Å². The third kappa shape index (κ3) is 3.83. The SMILES string of the molecule is CCCOc1ccccc1C(O)(Oc1ccccc1)c1ccccc1. The van der Waals surface area contributed by atoms with Crippen LogP contribution in [0.15, 0.2) is 84.9 Å². The molecule has 3 heteroatoms. The van der Waals surface area contributed by atoms with Gasteiger partial charge >= 0.3 is 0 Å². The number of ether oxygens (including phenoxy) is 2. The van der Waals surface area contributed by atoms with Crippen molar-refractivity contribution >= 4 is 0 Å². The summed E-state index contributed by atoms with van der Waals surface area (Å²) < 4.78 is 11.9. The first-order valence-corrected chi connectivity index (χ1v) is 8.48. The van der Waals surface area contributed by atoms with E-state index in [1.807, 2.05) is 91.9 Å². The van der Waals surface area contributed by atoms with Gasteiger partial charge in [0, 0.05) is 5.56 Å². The van der Waals surface area contributed by atoms with Crippen molar-refractivity contribution in [2.24, 2.45) is 0 Å².